The number of nitrogens with one attached hydrogen (secondary N) is 1. The molecule has 6 nitrogen and oxygen atoms in total. The van der Waals surface area contributed by atoms with Crippen LogP contribution in [0, 0.1) is 10.1 Å². The van der Waals surface area contributed by atoms with Gasteiger partial charge in [0, 0.05) is 32.3 Å². The van der Waals surface area contributed by atoms with Crippen molar-refractivity contribution in [1.29, 1.82) is 0 Å². The lowest BCUT2D eigenvalue weighted by Gasteiger charge is -2.12. The van der Waals surface area contributed by atoms with Crippen LogP contribution in [0.3, 0.4) is 0 Å². The molecule has 0 aromatic heterocycles. The minimum atomic E-state index is -0.438. The fourth-order valence-electron chi connectivity index (χ4n) is 1.83. The average Bonchev–Trinajstić information content (AvgIpc) is 2.42. The number of carbonyl (C=O) groups excluding carboxylic acids is 1. The summed E-state index contributed by atoms with van der Waals surface area (Å²) in [5.41, 5.74) is 0.842. The molecule has 0 aliphatic carbocycles. The second-order valence-electron chi connectivity index (χ2n) is 4.82. The molecule has 1 N–H and O–H groups in total. The van der Waals surface area contributed by atoms with E-state index in [1.165, 1.54) is 17.0 Å². The number of anilines is 1. The third-order valence-electron chi connectivity index (χ3n) is 2.94. The van der Waals surface area contributed by atoms with Crippen LogP contribution in [0.4, 0.5) is 11.4 Å². The van der Waals surface area contributed by atoms with E-state index in [1.54, 1.807) is 20.2 Å². The van der Waals surface area contributed by atoms with Gasteiger partial charge in [-0.15, -0.1) is 0 Å². The minimum Gasteiger partial charge on any atom is -0.379 e. The number of unbranched alkanes of at least 4 members (excludes halogenated alkanes) is 2. The number of nitro benzene ring substituents is 1. The van der Waals surface area contributed by atoms with Crippen LogP contribution < -0.4 is 5.32 Å². The van der Waals surface area contributed by atoms with E-state index in [1.807, 2.05) is 0 Å². The normalized spacial score (nSPS) is 10.2. The molecule has 0 radical (unpaired) electrons. The molecule has 1 amide bonds. The first-order chi connectivity index (χ1) is 9.47. The van der Waals surface area contributed by atoms with Crippen molar-refractivity contribution in [3.8, 4) is 0 Å². The van der Waals surface area contributed by atoms with Crippen molar-refractivity contribution in [2.24, 2.45) is 0 Å². The van der Waals surface area contributed by atoms with Crippen LogP contribution in [0.15, 0.2) is 18.2 Å². The highest BCUT2D eigenvalue weighted by atomic mass is 16.6. The third kappa shape index (κ3) is 4.22. The fraction of sp³-hybridized carbons (Fsp3) is 0.500. The van der Waals surface area contributed by atoms with Gasteiger partial charge in [-0.3, -0.25) is 14.9 Å². The number of rotatable bonds is 7. The molecule has 0 spiro atoms. The van der Waals surface area contributed by atoms with Crippen LogP contribution in [-0.2, 0) is 0 Å². The van der Waals surface area contributed by atoms with Gasteiger partial charge in [-0.1, -0.05) is 19.8 Å². The second kappa shape index (κ2) is 7.47. The van der Waals surface area contributed by atoms with Gasteiger partial charge in [-0.25, -0.2) is 0 Å². The van der Waals surface area contributed by atoms with Crippen LogP contribution in [-0.4, -0.2) is 36.4 Å². The predicted molar refractivity (Wildman–Crippen MR) is 79.1 cm³/mol. The van der Waals surface area contributed by atoms with E-state index >= 15 is 0 Å². The van der Waals surface area contributed by atoms with E-state index < -0.39 is 4.92 Å². The largest absolute Gasteiger partial charge is 0.379 e. The molecule has 0 aliphatic heterocycles. The van der Waals surface area contributed by atoms with Crippen molar-refractivity contribution in [3.63, 3.8) is 0 Å². The number of nitro groups is 1. The summed E-state index contributed by atoms with van der Waals surface area (Å²) in [6.07, 6.45) is 3.10. The molecule has 1 aromatic carbocycles. The molecular formula is C14H21N3O3. The van der Waals surface area contributed by atoms with Crippen LogP contribution in [0.25, 0.3) is 0 Å². The molecule has 1 rings (SSSR count). The lowest BCUT2D eigenvalue weighted by Crippen LogP contribution is -2.21. The van der Waals surface area contributed by atoms with Crippen LogP contribution in [0.5, 0.6) is 0 Å². The fourth-order valence-corrected chi connectivity index (χ4v) is 1.83. The predicted octanol–water partition coefficient (Wildman–Crippen LogP) is 2.90. The van der Waals surface area contributed by atoms with Gasteiger partial charge < -0.3 is 10.2 Å². The molecule has 0 unspecified atom stereocenters. The van der Waals surface area contributed by atoms with Gasteiger partial charge in [0.15, 0.2) is 0 Å². The highest BCUT2D eigenvalue weighted by Gasteiger charge is 2.17. The molecule has 0 heterocycles. The zero-order valence-corrected chi connectivity index (χ0v) is 12.2. The van der Waals surface area contributed by atoms with Crippen LogP contribution in [0.1, 0.15) is 36.5 Å². The molecule has 110 valence electrons. The summed E-state index contributed by atoms with van der Waals surface area (Å²) in [5.74, 6) is -0.170. The first kappa shape index (κ1) is 15.9. The first-order valence-electron chi connectivity index (χ1n) is 6.71. The van der Waals surface area contributed by atoms with Crippen molar-refractivity contribution >= 4 is 17.3 Å². The van der Waals surface area contributed by atoms with Gasteiger partial charge in [-0.05, 0) is 18.6 Å². The van der Waals surface area contributed by atoms with E-state index in [-0.39, 0.29) is 11.6 Å². The Morgan fingerprint density at radius 2 is 2.05 bits per heavy atom. The Labute approximate surface area is 118 Å². The molecular weight excluding hydrogens is 258 g/mol. The molecule has 1 aromatic rings. The van der Waals surface area contributed by atoms with Crippen molar-refractivity contribution in [2.45, 2.75) is 26.2 Å². The molecule has 0 fully saturated rings. The van der Waals surface area contributed by atoms with E-state index in [2.05, 4.69) is 12.2 Å². The molecule has 0 atom stereocenters. The van der Waals surface area contributed by atoms with Crippen molar-refractivity contribution < 1.29 is 9.72 Å². The number of amides is 1. The van der Waals surface area contributed by atoms with Crippen LogP contribution in [0.2, 0.25) is 0 Å². The Morgan fingerprint density at radius 3 is 2.60 bits per heavy atom. The summed E-state index contributed by atoms with van der Waals surface area (Å²) >= 11 is 0. The zero-order chi connectivity index (χ0) is 15.1. The molecule has 20 heavy (non-hydrogen) atoms. The average molecular weight is 279 g/mol. The van der Waals surface area contributed by atoms with E-state index in [4.69, 9.17) is 0 Å². The summed E-state index contributed by atoms with van der Waals surface area (Å²) in [6.45, 7) is 2.76. The Kier molecular flexibility index (Phi) is 5.96. The van der Waals surface area contributed by atoms with E-state index in [9.17, 15) is 14.9 Å². The minimum absolute atomic E-state index is 0.00296. The lowest BCUT2D eigenvalue weighted by molar-refractivity contribution is -0.384. The van der Waals surface area contributed by atoms with E-state index in [0.717, 1.165) is 19.3 Å². The Morgan fingerprint density at radius 1 is 1.35 bits per heavy atom. The number of benzene rings is 1. The molecule has 6 heteroatoms. The standard InChI is InChI=1S/C14H21N3O3/c1-4-5-6-9-15-12-10-11(14(18)16(2)3)7-8-13(12)17(19)20/h7-8,10,15H,4-6,9H2,1-3H3. The zero-order valence-electron chi connectivity index (χ0n) is 12.2. The maximum Gasteiger partial charge on any atom is 0.292 e. The van der Waals surface area contributed by atoms with Gasteiger partial charge >= 0.3 is 0 Å². The highest BCUT2D eigenvalue weighted by molar-refractivity contribution is 5.95. The number of hydrogen-bond acceptors (Lipinski definition) is 4. The number of nitrogens with zero attached hydrogens (tertiary/aromatic N) is 2. The summed E-state index contributed by atoms with van der Waals surface area (Å²) in [5, 5.41) is 14.0. The molecule has 0 saturated carbocycles. The maximum atomic E-state index is 11.9. The van der Waals surface area contributed by atoms with Crippen LogP contribution >= 0.6 is 0 Å². The monoisotopic (exact) mass is 279 g/mol. The molecule has 0 aliphatic rings. The Bertz CT molecular complexity index is 487. The summed E-state index contributed by atoms with van der Waals surface area (Å²) in [6, 6.07) is 4.41. The van der Waals surface area contributed by atoms with Gasteiger partial charge in [0.25, 0.3) is 11.6 Å². The molecule has 0 saturated heterocycles. The van der Waals surface area contributed by atoms with Gasteiger partial charge in [-0.2, -0.15) is 0 Å². The van der Waals surface area contributed by atoms with Crippen molar-refractivity contribution in [2.75, 3.05) is 26.0 Å². The topological polar surface area (TPSA) is 75.5 Å². The quantitative estimate of drug-likeness (QED) is 0.473. The SMILES string of the molecule is CCCCCNc1cc(C(=O)N(C)C)ccc1[N+](=O)[O-]. The van der Waals surface area contributed by atoms with Gasteiger partial charge in [0.2, 0.25) is 0 Å². The van der Waals surface area contributed by atoms with Gasteiger partial charge in [0.05, 0.1) is 4.92 Å². The second-order valence-corrected chi connectivity index (χ2v) is 4.82. The Hall–Kier alpha value is -2.11. The summed E-state index contributed by atoms with van der Waals surface area (Å²) < 4.78 is 0. The summed E-state index contributed by atoms with van der Waals surface area (Å²) in [4.78, 5) is 23.9. The third-order valence-corrected chi connectivity index (χ3v) is 2.94. The number of carbonyl (C=O) groups is 1. The first-order valence-corrected chi connectivity index (χ1v) is 6.71. The van der Waals surface area contributed by atoms with E-state index in [0.29, 0.717) is 17.8 Å². The van der Waals surface area contributed by atoms with Crippen molar-refractivity contribution in [3.05, 3.63) is 33.9 Å². The molecule has 0 bridgehead atoms. The smallest absolute Gasteiger partial charge is 0.292 e. The lowest BCUT2D eigenvalue weighted by atomic mass is 10.1. The maximum absolute atomic E-state index is 11.9. The van der Waals surface area contributed by atoms with Gasteiger partial charge in [0.1, 0.15) is 5.69 Å². The summed E-state index contributed by atoms with van der Waals surface area (Å²) in [7, 11) is 3.30. The Balaban J connectivity index is 2.94. The van der Waals surface area contributed by atoms with Crippen molar-refractivity contribution in [1.82, 2.24) is 4.90 Å². The highest BCUT2D eigenvalue weighted by Crippen LogP contribution is 2.26. The number of hydrogen-bond donors (Lipinski definition) is 1.